The Kier molecular flexibility index (Phi) is 22.7. The molecule has 0 aromatic carbocycles. The van der Waals surface area contributed by atoms with E-state index in [1.54, 1.807) is 28.5 Å². The first-order chi connectivity index (χ1) is 20.0. The van der Waals surface area contributed by atoms with Crippen LogP contribution >= 0.6 is 21.6 Å². The Morgan fingerprint density at radius 3 is 1.80 bits per heavy atom. The monoisotopic (exact) mass is 598 g/mol. The van der Waals surface area contributed by atoms with E-state index in [1.165, 1.54) is 12.4 Å². The molecule has 0 spiro atoms. The van der Waals surface area contributed by atoms with Crippen molar-refractivity contribution in [1.29, 1.82) is 0 Å². The first-order valence-electron chi connectivity index (χ1n) is 14.3. The Bertz CT molecular complexity index is 1050. The van der Waals surface area contributed by atoms with Crippen molar-refractivity contribution in [1.82, 2.24) is 15.6 Å². The molecule has 0 bridgehead atoms. The molecule has 41 heavy (non-hydrogen) atoms. The van der Waals surface area contributed by atoms with Crippen LogP contribution in [0.4, 0.5) is 0 Å². The molecule has 0 radical (unpaired) electrons. The number of rotatable bonds is 22. The number of aryl methyl sites for hydroxylation is 1. The topological polar surface area (TPSA) is 98.0 Å². The zero-order valence-electron chi connectivity index (χ0n) is 24.5. The molecule has 9 heteroatoms. The summed E-state index contributed by atoms with van der Waals surface area (Å²) in [6.45, 7) is 4.87. The molecular formula is C32H46N4O3S2. The minimum Gasteiger partial charge on any atom is -0.618 e. The third-order valence-corrected chi connectivity index (χ3v) is 7.81. The second kappa shape index (κ2) is 25.9. The van der Waals surface area contributed by atoms with E-state index in [4.69, 9.17) is 0 Å². The maximum absolute atomic E-state index is 12.0. The summed E-state index contributed by atoms with van der Waals surface area (Å²) in [5, 5.41) is 17.2. The number of hydrogen-bond donors (Lipinski definition) is 2. The summed E-state index contributed by atoms with van der Waals surface area (Å²) in [4.78, 5) is 27.9. The van der Waals surface area contributed by atoms with E-state index in [9.17, 15) is 14.8 Å². The Morgan fingerprint density at radius 2 is 1.29 bits per heavy atom. The van der Waals surface area contributed by atoms with Gasteiger partial charge in [-0.3, -0.25) is 9.59 Å². The van der Waals surface area contributed by atoms with Crippen molar-refractivity contribution < 1.29 is 14.3 Å². The highest BCUT2D eigenvalue weighted by atomic mass is 33.1. The van der Waals surface area contributed by atoms with E-state index in [0.29, 0.717) is 29.9 Å². The number of amides is 2. The van der Waals surface area contributed by atoms with Crippen molar-refractivity contribution in [3.8, 4) is 0 Å². The molecule has 1 heterocycles. The molecule has 0 unspecified atom stereocenters. The molecular weight excluding hydrogens is 553 g/mol. The van der Waals surface area contributed by atoms with E-state index in [1.807, 2.05) is 0 Å². The number of aromatic nitrogens is 2. The molecule has 1 aromatic rings. The molecule has 224 valence electrons. The van der Waals surface area contributed by atoms with Crippen molar-refractivity contribution in [2.75, 3.05) is 24.6 Å². The fourth-order valence-electron chi connectivity index (χ4n) is 3.17. The summed E-state index contributed by atoms with van der Waals surface area (Å²) < 4.78 is 0.630. The first kappa shape index (κ1) is 36.0. The summed E-state index contributed by atoms with van der Waals surface area (Å²) in [6, 6.07) is 0. The van der Waals surface area contributed by atoms with Crippen LogP contribution in [0.15, 0.2) is 85.3 Å². The quantitative estimate of drug-likeness (QED) is 0.0505. The predicted octanol–water partition coefficient (Wildman–Crippen LogP) is 6.73. The maximum Gasteiger partial charge on any atom is 0.276 e. The highest BCUT2D eigenvalue weighted by Crippen LogP contribution is 2.19. The van der Waals surface area contributed by atoms with Crippen LogP contribution in [0.2, 0.25) is 0 Å². The SMILES string of the molecule is CCC=CCC=CCC=CCC=CCC=CCC=CCCC(=O)NCCSSCCNC(=O)c1c[n+]([O-])c(C)cn1. The lowest BCUT2D eigenvalue weighted by molar-refractivity contribution is -0.613. The summed E-state index contributed by atoms with van der Waals surface area (Å²) in [5.41, 5.74) is 0.546. The summed E-state index contributed by atoms with van der Waals surface area (Å²) in [6.07, 6.45) is 35.7. The molecule has 1 rings (SSSR count). The molecule has 0 aliphatic carbocycles. The van der Waals surface area contributed by atoms with Crippen molar-refractivity contribution >= 4 is 33.4 Å². The van der Waals surface area contributed by atoms with Crippen LogP contribution < -0.4 is 15.4 Å². The number of hydrogen-bond acceptors (Lipinski definition) is 6. The minimum atomic E-state index is -0.362. The largest absolute Gasteiger partial charge is 0.618 e. The van der Waals surface area contributed by atoms with Crippen LogP contribution in [-0.4, -0.2) is 41.4 Å². The third-order valence-electron chi connectivity index (χ3n) is 5.41. The van der Waals surface area contributed by atoms with E-state index in [2.05, 4.69) is 95.5 Å². The van der Waals surface area contributed by atoms with Crippen molar-refractivity contribution in [3.63, 3.8) is 0 Å². The van der Waals surface area contributed by atoms with Gasteiger partial charge in [0.05, 0.1) is 6.20 Å². The molecule has 2 N–H and O–H groups in total. The molecule has 2 amide bonds. The Morgan fingerprint density at radius 1 is 0.805 bits per heavy atom. The smallest absolute Gasteiger partial charge is 0.276 e. The molecule has 1 aromatic heterocycles. The van der Waals surface area contributed by atoms with Crippen LogP contribution in [0.5, 0.6) is 0 Å². The fraction of sp³-hybridized carbons (Fsp3) is 0.438. The van der Waals surface area contributed by atoms with Crippen molar-refractivity contribution in [2.24, 2.45) is 0 Å². The number of nitrogens with zero attached hydrogens (tertiary/aromatic N) is 2. The highest BCUT2D eigenvalue weighted by molar-refractivity contribution is 8.76. The van der Waals surface area contributed by atoms with Gasteiger partial charge in [-0.1, -0.05) is 101 Å². The number of nitrogens with one attached hydrogen (secondary N) is 2. The maximum atomic E-state index is 12.0. The van der Waals surface area contributed by atoms with Crippen LogP contribution in [0, 0.1) is 12.1 Å². The second-order valence-electron chi connectivity index (χ2n) is 8.94. The van der Waals surface area contributed by atoms with Gasteiger partial charge in [0.2, 0.25) is 17.8 Å². The fourth-order valence-corrected chi connectivity index (χ4v) is 4.99. The van der Waals surface area contributed by atoms with Crippen LogP contribution in [0.3, 0.4) is 0 Å². The van der Waals surface area contributed by atoms with Crippen molar-refractivity contribution in [2.45, 2.75) is 65.2 Å². The first-order valence-corrected chi connectivity index (χ1v) is 16.8. The molecule has 0 saturated carbocycles. The lowest BCUT2D eigenvalue weighted by atomic mass is 10.2. The van der Waals surface area contributed by atoms with E-state index in [0.717, 1.165) is 56.5 Å². The van der Waals surface area contributed by atoms with E-state index < -0.39 is 0 Å². The van der Waals surface area contributed by atoms with Gasteiger partial charge in [0.1, 0.15) is 0 Å². The van der Waals surface area contributed by atoms with Gasteiger partial charge in [-0.15, -0.1) is 0 Å². The lowest BCUT2D eigenvalue weighted by Crippen LogP contribution is -2.34. The van der Waals surface area contributed by atoms with Gasteiger partial charge in [0.25, 0.3) is 5.91 Å². The Balaban J connectivity index is 1.93. The normalized spacial score (nSPS) is 12.2. The number of allylic oxidation sites excluding steroid dienone is 12. The molecule has 0 fully saturated rings. The summed E-state index contributed by atoms with van der Waals surface area (Å²) in [7, 11) is 3.27. The van der Waals surface area contributed by atoms with Gasteiger partial charge < -0.3 is 15.8 Å². The lowest BCUT2D eigenvalue weighted by Gasteiger charge is -2.06. The van der Waals surface area contributed by atoms with E-state index in [-0.39, 0.29) is 17.5 Å². The second-order valence-corrected chi connectivity index (χ2v) is 11.6. The number of carbonyl (C=O) groups excluding carboxylic acids is 2. The standard InChI is InChI=1S/C32H46N4O3S2/c1-3-4-5-6-7-8-9-10-11-12-13-14-15-16-17-18-19-20-21-22-31(37)33-23-25-40-41-26-24-34-32(38)30-28-36(39)29(2)27-35-30/h4-5,7-8,10-11,13-14,16-17,19-20,27-28H,3,6,9,12,15,18,21-26H2,1-2H3,(H,33,37)(H,34,38). The van der Waals surface area contributed by atoms with Crippen LogP contribution in [0.25, 0.3) is 0 Å². The van der Waals surface area contributed by atoms with Crippen LogP contribution in [0.1, 0.15) is 74.5 Å². The van der Waals surface area contributed by atoms with Gasteiger partial charge in [0, 0.05) is 37.9 Å². The average Bonchev–Trinajstić information content (AvgIpc) is 2.97. The van der Waals surface area contributed by atoms with Gasteiger partial charge >= 0.3 is 0 Å². The van der Waals surface area contributed by atoms with Gasteiger partial charge in [-0.2, -0.15) is 4.73 Å². The highest BCUT2D eigenvalue weighted by Gasteiger charge is 2.11. The average molecular weight is 599 g/mol. The number of carbonyl (C=O) groups is 2. The summed E-state index contributed by atoms with van der Waals surface area (Å²) in [5.74, 6) is 1.21. The van der Waals surface area contributed by atoms with Gasteiger partial charge in [0.15, 0.2) is 5.69 Å². The van der Waals surface area contributed by atoms with Gasteiger partial charge in [-0.25, -0.2) is 4.98 Å². The minimum absolute atomic E-state index is 0.0589. The van der Waals surface area contributed by atoms with Crippen molar-refractivity contribution in [3.05, 3.63) is 102 Å². The summed E-state index contributed by atoms with van der Waals surface area (Å²) >= 11 is 0. The molecule has 7 nitrogen and oxygen atoms in total. The van der Waals surface area contributed by atoms with Crippen LogP contribution in [-0.2, 0) is 4.79 Å². The third kappa shape index (κ3) is 21.4. The predicted molar refractivity (Wildman–Crippen MR) is 176 cm³/mol. The van der Waals surface area contributed by atoms with E-state index >= 15 is 0 Å². The van der Waals surface area contributed by atoms with Gasteiger partial charge in [-0.05, 0) is 44.9 Å². The Hall–Kier alpha value is -3.04. The Labute approximate surface area is 254 Å². The zero-order valence-corrected chi connectivity index (χ0v) is 26.1. The molecule has 0 atom stereocenters. The zero-order chi connectivity index (χ0) is 29.8. The molecule has 0 aliphatic heterocycles. The molecule has 0 aliphatic rings. The molecule has 0 saturated heterocycles.